The van der Waals surface area contributed by atoms with Crippen molar-refractivity contribution < 1.29 is 14.3 Å². The van der Waals surface area contributed by atoms with Crippen molar-refractivity contribution >= 4 is 21.8 Å². The maximum absolute atomic E-state index is 12.6. The predicted octanol–water partition coefficient (Wildman–Crippen LogP) is 2.70. The summed E-state index contributed by atoms with van der Waals surface area (Å²) in [5, 5.41) is 0.779. The van der Waals surface area contributed by atoms with Crippen LogP contribution < -0.4 is 9.47 Å². The molecule has 1 amide bonds. The van der Waals surface area contributed by atoms with Crippen LogP contribution in [0.25, 0.3) is 0 Å². The van der Waals surface area contributed by atoms with Gasteiger partial charge in [-0.15, -0.1) is 0 Å². The molecule has 0 heterocycles. The number of nitrogens with zero attached hydrogens (tertiary/aromatic N) is 1. The van der Waals surface area contributed by atoms with E-state index < -0.39 is 0 Å². The van der Waals surface area contributed by atoms with Gasteiger partial charge in [0.25, 0.3) is 5.91 Å². The van der Waals surface area contributed by atoms with Gasteiger partial charge >= 0.3 is 0 Å². The number of rotatable bonds is 6. The first-order chi connectivity index (χ1) is 9.21. The van der Waals surface area contributed by atoms with Crippen molar-refractivity contribution in [1.29, 1.82) is 0 Å². The average molecular weight is 328 g/mol. The lowest BCUT2D eigenvalue weighted by Gasteiger charge is -2.22. The number of hydrogen-bond donors (Lipinski definition) is 0. The second-order valence-corrected chi connectivity index (χ2v) is 5.28. The summed E-state index contributed by atoms with van der Waals surface area (Å²) < 4.78 is 10.5. The van der Waals surface area contributed by atoms with Crippen LogP contribution in [0.1, 0.15) is 23.2 Å². The van der Waals surface area contributed by atoms with E-state index in [2.05, 4.69) is 15.9 Å². The number of carbonyl (C=O) groups excluding carboxylic acids is 1. The molecule has 2 rings (SSSR count). The first-order valence-electron chi connectivity index (χ1n) is 6.30. The molecule has 1 fully saturated rings. The van der Waals surface area contributed by atoms with Crippen LogP contribution in [-0.4, -0.2) is 42.9 Å². The minimum atomic E-state index is 0.0118. The van der Waals surface area contributed by atoms with Gasteiger partial charge in [0, 0.05) is 17.9 Å². The van der Waals surface area contributed by atoms with Gasteiger partial charge in [-0.1, -0.05) is 15.9 Å². The SMILES string of the molecule is COc1ccc(OC)c(C(=O)N(CCBr)C2CC2)c1. The highest BCUT2D eigenvalue weighted by Crippen LogP contribution is 2.31. The van der Waals surface area contributed by atoms with Gasteiger partial charge in [0.15, 0.2) is 0 Å². The van der Waals surface area contributed by atoms with E-state index in [9.17, 15) is 4.79 Å². The fourth-order valence-electron chi connectivity index (χ4n) is 2.06. The number of benzene rings is 1. The van der Waals surface area contributed by atoms with Crippen molar-refractivity contribution in [2.24, 2.45) is 0 Å². The van der Waals surface area contributed by atoms with Gasteiger partial charge in [-0.25, -0.2) is 0 Å². The van der Waals surface area contributed by atoms with E-state index in [0.717, 1.165) is 18.2 Å². The van der Waals surface area contributed by atoms with Crippen LogP contribution in [0.4, 0.5) is 0 Å². The highest BCUT2D eigenvalue weighted by molar-refractivity contribution is 9.09. The Hall–Kier alpha value is -1.23. The Morgan fingerprint density at radius 2 is 2.11 bits per heavy atom. The lowest BCUT2D eigenvalue weighted by atomic mass is 10.1. The Balaban J connectivity index is 2.29. The van der Waals surface area contributed by atoms with Crippen LogP contribution in [0.2, 0.25) is 0 Å². The molecule has 0 atom stereocenters. The molecule has 1 aliphatic rings. The van der Waals surface area contributed by atoms with E-state index in [0.29, 0.717) is 29.6 Å². The fraction of sp³-hybridized carbons (Fsp3) is 0.500. The van der Waals surface area contributed by atoms with Gasteiger partial charge in [-0.2, -0.15) is 0 Å². The van der Waals surface area contributed by atoms with Crippen molar-refractivity contribution in [3.05, 3.63) is 23.8 Å². The number of hydrogen-bond acceptors (Lipinski definition) is 3. The molecular weight excluding hydrogens is 310 g/mol. The van der Waals surface area contributed by atoms with Crippen molar-refractivity contribution in [1.82, 2.24) is 4.90 Å². The molecule has 0 radical (unpaired) electrons. The monoisotopic (exact) mass is 327 g/mol. The van der Waals surface area contributed by atoms with Crippen LogP contribution >= 0.6 is 15.9 Å². The van der Waals surface area contributed by atoms with Crippen LogP contribution in [-0.2, 0) is 0 Å². The Morgan fingerprint density at radius 3 is 2.63 bits per heavy atom. The van der Waals surface area contributed by atoms with Crippen LogP contribution in [0.5, 0.6) is 11.5 Å². The zero-order chi connectivity index (χ0) is 13.8. The summed E-state index contributed by atoms with van der Waals surface area (Å²) >= 11 is 3.40. The minimum Gasteiger partial charge on any atom is -0.497 e. The van der Waals surface area contributed by atoms with Gasteiger partial charge in [0.1, 0.15) is 11.5 Å². The molecule has 0 aliphatic heterocycles. The summed E-state index contributed by atoms with van der Waals surface area (Å²) in [6, 6.07) is 5.68. The summed E-state index contributed by atoms with van der Waals surface area (Å²) in [6.45, 7) is 0.712. The number of halogens is 1. The molecule has 0 spiro atoms. The largest absolute Gasteiger partial charge is 0.497 e. The molecule has 0 saturated heterocycles. The van der Waals surface area contributed by atoms with Crippen molar-refractivity contribution in [2.45, 2.75) is 18.9 Å². The van der Waals surface area contributed by atoms with Gasteiger partial charge in [-0.3, -0.25) is 4.79 Å². The Labute approximate surface area is 121 Å². The van der Waals surface area contributed by atoms with Gasteiger partial charge in [0.2, 0.25) is 0 Å². The summed E-state index contributed by atoms with van der Waals surface area (Å²) in [5.74, 6) is 1.27. The minimum absolute atomic E-state index is 0.0118. The first kappa shape index (κ1) is 14.2. The zero-order valence-corrected chi connectivity index (χ0v) is 12.8. The molecule has 1 aromatic rings. The topological polar surface area (TPSA) is 38.8 Å². The molecule has 0 N–H and O–H groups in total. The third-order valence-corrected chi connectivity index (χ3v) is 3.57. The summed E-state index contributed by atoms with van der Waals surface area (Å²) in [7, 11) is 3.16. The summed E-state index contributed by atoms with van der Waals surface area (Å²) in [5.41, 5.74) is 0.565. The number of amides is 1. The number of alkyl halides is 1. The van der Waals surface area contributed by atoms with E-state index in [-0.39, 0.29) is 5.91 Å². The maximum atomic E-state index is 12.6. The van der Waals surface area contributed by atoms with Crippen molar-refractivity contribution in [3.8, 4) is 11.5 Å². The summed E-state index contributed by atoms with van der Waals surface area (Å²) in [6.07, 6.45) is 2.18. The van der Waals surface area contributed by atoms with E-state index in [4.69, 9.17) is 9.47 Å². The number of carbonyl (C=O) groups is 1. The Bertz CT molecular complexity index is 460. The van der Waals surface area contributed by atoms with Crippen molar-refractivity contribution in [3.63, 3.8) is 0 Å². The standard InChI is InChI=1S/C14H18BrNO3/c1-18-11-5-6-13(19-2)12(9-11)14(17)16(8-7-15)10-3-4-10/h5-6,9-10H,3-4,7-8H2,1-2H3. The molecule has 0 bridgehead atoms. The zero-order valence-electron chi connectivity index (χ0n) is 11.2. The lowest BCUT2D eigenvalue weighted by molar-refractivity contribution is 0.0751. The molecule has 19 heavy (non-hydrogen) atoms. The molecule has 1 aromatic carbocycles. The Kier molecular flexibility index (Phi) is 4.69. The molecule has 4 nitrogen and oxygen atoms in total. The predicted molar refractivity (Wildman–Crippen MR) is 77.4 cm³/mol. The molecule has 104 valence electrons. The summed E-state index contributed by atoms with van der Waals surface area (Å²) in [4.78, 5) is 14.5. The highest BCUT2D eigenvalue weighted by Gasteiger charge is 2.33. The molecule has 0 unspecified atom stereocenters. The molecule has 1 saturated carbocycles. The van der Waals surface area contributed by atoms with Crippen LogP contribution in [0.3, 0.4) is 0 Å². The van der Waals surface area contributed by atoms with E-state index in [1.165, 1.54) is 0 Å². The third-order valence-electron chi connectivity index (χ3n) is 3.21. The second kappa shape index (κ2) is 6.28. The highest BCUT2D eigenvalue weighted by atomic mass is 79.9. The average Bonchev–Trinajstić information content (AvgIpc) is 3.27. The number of ether oxygens (including phenoxy) is 2. The van der Waals surface area contributed by atoms with Crippen molar-refractivity contribution in [2.75, 3.05) is 26.1 Å². The van der Waals surface area contributed by atoms with Gasteiger partial charge in [0.05, 0.1) is 19.8 Å². The number of methoxy groups -OCH3 is 2. The van der Waals surface area contributed by atoms with E-state index in [1.807, 2.05) is 4.90 Å². The lowest BCUT2D eigenvalue weighted by Crippen LogP contribution is -2.34. The normalized spacial score (nSPS) is 14.1. The van der Waals surface area contributed by atoms with Crippen LogP contribution in [0, 0.1) is 0 Å². The smallest absolute Gasteiger partial charge is 0.258 e. The molecule has 1 aliphatic carbocycles. The van der Waals surface area contributed by atoms with Gasteiger partial charge < -0.3 is 14.4 Å². The molecule has 5 heteroatoms. The molecule has 0 aromatic heterocycles. The van der Waals surface area contributed by atoms with E-state index >= 15 is 0 Å². The quantitative estimate of drug-likeness (QED) is 0.754. The fourth-order valence-corrected chi connectivity index (χ4v) is 2.45. The Morgan fingerprint density at radius 1 is 1.37 bits per heavy atom. The van der Waals surface area contributed by atoms with Gasteiger partial charge in [-0.05, 0) is 31.0 Å². The maximum Gasteiger partial charge on any atom is 0.258 e. The van der Waals surface area contributed by atoms with Crippen LogP contribution in [0.15, 0.2) is 18.2 Å². The first-order valence-corrected chi connectivity index (χ1v) is 7.42. The third kappa shape index (κ3) is 3.21. The van der Waals surface area contributed by atoms with E-state index in [1.54, 1.807) is 32.4 Å². The molecular formula is C14H18BrNO3. The second-order valence-electron chi connectivity index (χ2n) is 4.48.